The lowest BCUT2D eigenvalue weighted by atomic mass is 9.89. The van der Waals surface area contributed by atoms with Gasteiger partial charge in [-0.2, -0.15) is 0 Å². The van der Waals surface area contributed by atoms with Crippen molar-refractivity contribution in [2.75, 3.05) is 20.3 Å². The number of phenols is 1. The predicted octanol–water partition coefficient (Wildman–Crippen LogP) is 0.634. The zero-order chi connectivity index (χ0) is 29.0. The molecule has 40 heavy (non-hydrogen) atoms. The SMILES string of the molecule is C[C@H]1OC(=O)C(C2COC2)N(C)C(=O)[C@H](C)[C@H](O)[C@H](Cc2ccccc2)NC(=O)[C@H]1NC(=O)c1ccccc1O. The number of nitrogens with zero attached hydrogens (tertiary/aromatic N) is 1. The molecule has 2 aliphatic rings. The van der Waals surface area contributed by atoms with E-state index in [1.807, 2.05) is 30.3 Å². The second kappa shape index (κ2) is 12.5. The minimum atomic E-state index is -1.38. The third kappa shape index (κ3) is 6.26. The third-order valence-corrected chi connectivity index (χ3v) is 7.55. The minimum absolute atomic E-state index is 0.0655. The summed E-state index contributed by atoms with van der Waals surface area (Å²) in [4.78, 5) is 54.9. The molecular formula is C29H35N3O8. The summed E-state index contributed by atoms with van der Waals surface area (Å²) in [5.41, 5.74) is 0.745. The zero-order valence-corrected chi connectivity index (χ0v) is 22.7. The van der Waals surface area contributed by atoms with Crippen molar-refractivity contribution in [2.45, 2.75) is 50.6 Å². The second-order valence-corrected chi connectivity index (χ2v) is 10.4. The second-order valence-electron chi connectivity index (χ2n) is 10.4. The molecular weight excluding hydrogens is 518 g/mol. The predicted molar refractivity (Wildman–Crippen MR) is 143 cm³/mol. The standard InChI is InChI=1S/C29H35N3O8/c1-16-25(34)21(13-18-9-5-4-6-10-18)30-27(36)23(31-26(35)20-11-7-8-12-22(20)33)17(2)40-29(38)24(19-14-39-15-19)32(3)28(16)37/h4-12,16-17,19,21,23-25,33-34H,13-15H2,1-3H3,(H,30,36)(H,31,35)/t16-,17-,21+,23+,24?,25+/m1/s1. The van der Waals surface area contributed by atoms with Gasteiger partial charge in [-0.05, 0) is 31.0 Å². The summed E-state index contributed by atoms with van der Waals surface area (Å²) in [6.45, 7) is 3.49. The first-order valence-corrected chi connectivity index (χ1v) is 13.2. The number of carbonyl (C=O) groups excluding carboxylic acids is 4. The van der Waals surface area contributed by atoms with Crippen molar-refractivity contribution >= 4 is 23.7 Å². The number of amides is 3. The first kappa shape index (κ1) is 29.0. The van der Waals surface area contributed by atoms with Crippen LogP contribution in [0.25, 0.3) is 0 Å². The maximum absolute atomic E-state index is 13.7. The Bertz CT molecular complexity index is 1230. The Labute approximate surface area is 232 Å². The third-order valence-electron chi connectivity index (χ3n) is 7.55. The van der Waals surface area contributed by atoms with E-state index in [1.165, 1.54) is 31.0 Å². The number of carbonyl (C=O) groups is 4. The number of benzene rings is 2. The van der Waals surface area contributed by atoms with E-state index in [2.05, 4.69) is 10.6 Å². The highest BCUT2D eigenvalue weighted by molar-refractivity contribution is 6.00. The molecule has 2 saturated heterocycles. The number of hydrogen-bond donors (Lipinski definition) is 4. The monoisotopic (exact) mass is 553 g/mol. The molecule has 0 aromatic heterocycles. The first-order valence-electron chi connectivity index (χ1n) is 13.2. The minimum Gasteiger partial charge on any atom is -0.507 e. The van der Waals surface area contributed by atoms with E-state index < -0.39 is 59.9 Å². The van der Waals surface area contributed by atoms with E-state index >= 15 is 0 Å². The van der Waals surface area contributed by atoms with Crippen LogP contribution < -0.4 is 10.6 Å². The van der Waals surface area contributed by atoms with Gasteiger partial charge in [0.15, 0.2) is 0 Å². The molecule has 214 valence electrons. The molecule has 2 aromatic carbocycles. The fourth-order valence-corrected chi connectivity index (χ4v) is 5.06. The van der Waals surface area contributed by atoms with Crippen LogP contribution >= 0.6 is 0 Å². The van der Waals surface area contributed by atoms with Crippen molar-refractivity contribution in [1.29, 1.82) is 0 Å². The van der Waals surface area contributed by atoms with Gasteiger partial charge in [0.25, 0.3) is 5.91 Å². The van der Waals surface area contributed by atoms with E-state index in [-0.39, 0.29) is 36.9 Å². The van der Waals surface area contributed by atoms with Gasteiger partial charge in [0, 0.05) is 13.0 Å². The number of ether oxygens (including phenoxy) is 2. The van der Waals surface area contributed by atoms with Crippen LogP contribution in [-0.4, -0.2) is 89.4 Å². The Morgan fingerprint density at radius 1 is 1.05 bits per heavy atom. The number of para-hydroxylation sites is 1. The summed E-state index contributed by atoms with van der Waals surface area (Å²) in [5.74, 6) is -4.31. The molecule has 4 rings (SSSR count). The summed E-state index contributed by atoms with van der Waals surface area (Å²) in [6, 6.07) is 11.7. The topological polar surface area (TPSA) is 154 Å². The summed E-state index contributed by atoms with van der Waals surface area (Å²) < 4.78 is 11.0. The zero-order valence-electron chi connectivity index (χ0n) is 22.7. The van der Waals surface area contributed by atoms with Gasteiger partial charge in [-0.15, -0.1) is 0 Å². The fourth-order valence-electron chi connectivity index (χ4n) is 5.06. The smallest absolute Gasteiger partial charge is 0.329 e. The van der Waals surface area contributed by atoms with Gasteiger partial charge >= 0.3 is 5.97 Å². The van der Waals surface area contributed by atoms with Crippen molar-refractivity contribution in [2.24, 2.45) is 11.8 Å². The van der Waals surface area contributed by atoms with Crippen molar-refractivity contribution in [3.05, 3.63) is 65.7 Å². The van der Waals surface area contributed by atoms with Crippen LogP contribution in [0.15, 0.2) is 54.6 Å². The number of nitrogens with one attached hydrogen (secondary N) is 2. The Hall–Kier alpha value is -3.96. The molecule has 0 saturated carbocycles. The van der Waals surface area contributed by atoms with Crippen LogP contribution in [0.5, 0.6) is 5.75 Å². The van der Waals surface area contributed by atoms with Gasteiger partial charge in [0.1, 0.15) is 23.9 Å². The van der Waals surface area contributed by atoms with Gasteiger partial charge in [0.05, 0.1) is 36.8 Å². The lowest BCUT2D eigenvalue weighted by Crippen LogP contribution is -2.62. The maximum atomic E-state index is 13.7. The van der Waals surface area contributed by atoms with Gasteiger partial charge < -0.3 is 35.2 Å². The largest absolute Gasteiger partial charge is 0.507 e. The number of rotatable bonds is 5. The molecule has 2 fully saturated rings. The molecule has 2 aromatic rings. The Morgan fingerprint density at radius 2 is 1.70 bits per heavy atom. The van der Waals surface area contributed by atoms with Crippen LogP contribution in [0.3, 0.4) is 0 Å². The van der Waals surface area contributed by atoms with E-state index in [0.717, 1.165) is 5.56 Å². The van der Waals surface area contributed by atoms with Crippen LogP contribution in [0.1, 0.15) is 29.8 Å². The average Bonchev–Trinajstić information content (AvgIpc) is 2.91. The molecule has 0 aliphatic carbocycles. The molecule has 0 spiro atoms. The summed E-state index contributed by atoms with van der Waals surface area (Å²) in [7, 11) is 1.48. The molecule has 3 amide bonds. The van der Waals surface area contributed by atoms with Crippen LogP contribution in [-0.2, 0) is 30.3 Å². The highest BCUT2D eigenvalue weighted by atomic mass is 16.5. The van der Waals surface area contributed by atoms with Crippen molar-refractivity contribution in [3.63, 3.8) is 0 Å². The number of cyclic esters (lactones) is 1. The van der Waals surface area contributed by atoms with Gasteiger partial charge in [0.2, 0.25) is 11.8 Å². The molecule has 0 radical (unpaired) electrons. The number of esters is 1. The Morgan fingerprint density at radius 3 is 2.33 bits per heavy atom. The molecule has 2 aliphatic heterocycles. The van der Waals surface area contributed by atoms with Gasteiger partial charge in [-0.1, -0.05) is 49.4 Å². The van der Waals surface area contributed by atoms with Crippen molar-refractivity contribution in [3.8, 4) is 5.75 Å². The summed E-state index contributed by atoms with van der Waals surface area (Å²) in [5, 5.41) is 26.9. The van der Waals surface area contributed by atoms with Gasteiger partial charge in [-0.3, -0.25) is 14.4 Å². The number of likely N-dealkylation sites (N-methyl/N-ethyl adjacent to an activating group) is 1. The first-order chi connectivity index (χ1) is 19.1. The Balaban J connectivity index is 1.70. The average molecular weight is 554 g/mol. The normalized spacial score (nSPS) is 28.4. The molecule has 1 unspecified atom stereocenters. The number of phenolic OH excluding ortho intramolecular Hbond substituents is 1. The number of aliphatic hydroxyl groups is 1. The summed E-state index contributed by atoms with van der Waals surface area (Å²) >= 11 is 0. The lowest BCUT2D eigenvalue weighted by molar-refractivity contribution is -0.173. The molecule has 2 heterocycles. The van der Waals surface area contributed by atoms with E-state index in [4.69, 9.17) is 9.47 Å². The molecule has 4 N–H and O–H groups in total. The number of aliphatic hydroxyl groups excluding tert-OH is 1. The Kier molecular flexibility index (Phi) is 9.06. The van der Waals surface area contributed by atoms with E-state index in [1.54, 1.807) is 19.1 Å². The van der Waals surface area contributed by atoms with E-state index in [9.17, 15) is 29.4 Å². The molecule has 0 bridgehead atoms. The fraction of sp³-hybridized carbons (Fsp3) is 0.448. The van der Waals surface area contributed by atoms with E-state index in [0.29, 0.717) is 0 Å². The highest BCUT2D eigenvalue weighted by Crippen LogP contribution is 2.25. The molecule has 11 nitrogen and oxygen atoms in total. The van der Waals surface area contributed by atoms with Crippen molar-refractivity contribution in [1.82, 2.24) is 15.5 Å². The quantitative estimate of drug-likeness (QED) is 0.393. The number of hydrogen-bond acceptors (Lipinski definition) is 8. The molecule has 11 heteroatoms. The summed E-state index contributed by atoms with van der Waals surface area (Å²) in [6.07, 6.45) is -2.29. The lowest BCUT2D eigenvalue weighted by Gasteiger charge is -2.41. The maximum Gasteiger partial charge on any atom is 0.329 e. The van der Waals surface area contributed by atoms with Crippen molar-refractivity contribution < 1.29 is 38.9 Å². The van der Waals surface area contributed by atoms with Gasteiger partial charge in [-0.25, -0.2) is 4.79 Å². The molecule has 6 atom stereocenters. The highest BCUT2D eigenvalue weighted by Gasteiger charge is 2.45. The van der Waals surface area contributed by atoms with Crippen LogP contribution in [0.4, 0.5) is 0 Å². The van der Waals surface area contributed by atoms with Crippen LogP contribution in [0.2, 0.25) is 0 Å². The number of aromatic hydroxyl groups is 1. The van der Waals surface area contributed by atoms with Crippen LogP contribution in [0, 0.1) is 11.8 Å².